The first-order valence-corrected chi connectivity index (χ1v) is 10.2. The summed E-state index contributed by atoms with van der Waals surface area (Å²) in [6.45, 7) is 1.79. The molecule has 0 radical (unpaired) electrons. The van der Waals surface area contributed by atoms with Gasteiger partial charge in [0.2, 0.25) is 5.91 Å². The van der Waals surface area contributed by atoms with Gasteiger partial charge in [0.05, 0.1) is 18.4 Å². The lowest BCUT2D eigenvalue weighted by Gasteiger charge is -2.08. The smallest absolute Gasteiger partial charge is 0.337 e. The summed E-state index contributed by atoms with van der Waals surface area (Å²) in [7, 11) is 1.30. The number of nitrogens with zero attached hydrogens (tertiary/aromatic N) is 1. The number of H-pyrrole nitrogens is 1. The number of aryl methyl sites for hydroxylation is 1. The van der Waals surface area contributed by atoms with Crippen LogP contribution in [0, 0.1) is 6.92 Å². The van der Waals surface area contributed by atoms with Gasteiger partial charge in [-0.15, -0.1) is 0 Å². The van der Waals surface area contributed by atoms with Crippen molar-refractivity contribution in [2.75, 3.05) is 18.2 Å². The number of thioether (sulfide) groups is 1. The number of hydrogen-bond donors (Lipinski definition) is 2. The van der Waals surface area contributed by atoms with Gasteiger partial charge < -0.3 is 15.0 Å². The fraction of sp³-hybridized carbons (Fsp3) is 0.182. The number of benzene rings is 2. The minimum Gasteiger partial charge on any atom is -0.465 e. The molecule has 0 aliphatic carbocycles. The molecule has 7 nitrogen and oxygen atoms in total. The zero-order chi connectivity index (χ0) is 21.5. The average molecular weight is 423 g/mol. The van der Waals surface area contributed by atoms with Crippen molar-refractivity contribution in [1.82, 2.24) is 9.97 Å². The maximum atomic E-state index is 12.5. The third kappa shape index (κ3) is 5.57. The van der Waals surface area contributed by atoms with Crippen LogP contribution in [0.4, 0.5) is 5.69 Å². The minimum atomic E-state index is -0.478. The molecule has 1 aromatic heterocycles. The van der Waals surface area contributed by atoms with Crippen molar-refractivity contribution in [2.45, 2.75) is 18.5 Å². The standard InChI is InChI=1S/C22H21N3O4S/c1-14-18(11-15-7-4-3-5-8-15)20(27)25-22(23-14)30-13-19(26)24-17-10-6-9-16(12-17)21(28)29-2/h3-10,12H,11,13H2,1-2H3,(H,24,26)(H,23,25,27). The van der Waals surface area contributed by atoms with E-state index in [4.69, 9.17) is 0 Å². The Bertz CT molecular complexity index is 1110. The highest BCUT2D eigenvalue weighted by molar-refractivity contribution is 7.99. The molecule has 2 aromatic carbocycles. The molecule has 0 atom stereocenters. The lowest BCUT2D eigenvalue weighted by Crippen LogP contribution is -2.19. The Morgan fingerprint density at radius 1 is 1.13 bits per heavy atom. The second-order valence-electron chi connectivity index (χ2n) is 6.51. The first-order valence-electron chi connectivity index (χ1n) is 9.21. The summed E-state index contributed by atoms with van der Waals surface area (Å²) in [5.74, 6) is -0.702. The van der Waals surface area contributed by atoms with Gasteiger partial charge in [0.15, 0.2) is 5.16 Å². The van der Waals surface area contributed by atoms with Crippen LogP contribution in [-0.4, -0.2) is 34.7 Å². The van der Waals surface area contributed by atoms with Crippen molar-refractivity contribution in [2.24, 2.45) is 0 Å². The van der Waals surface area contributed by atoms with Crippen molar-refractivity contribution in [3.63, 3.8) is 0 Å². The third-order valence-corrected chi connectivity index (χ3v) is 5.20. The van der Waals surface area contributed by atoms with Crippen LogP contribution in [0.3, 0.4) is 0 Å². The molecule has 30 heavy (non-hydrogen) atoms. The summed E-state index contributed by atoms with van der Waals surface area (Å²) < 4.78 is 4.67. The predicted molar refractivity (Wildman–Crippen MR) is 116 cm³/mol. The van der Waals surface area contributed by atoms with E-state index in [-0.39, 0.29) is 17.2 Å². The van der Waals surface area contributed by atoms with E-state index in [1.807, 2.05) is 30.3 Å². The number of anilines is 1. The Hall–Kier alpha value is -3.39. The van der Waals surface area contributed by atoms with E-state index in [0.717, 1.165) is 17.3 Å². The summed E-state index contributed by atoms with van der Waals surface area (Å²) in [4.78, 5) is 43.5. The second kappa shape index (κ2) is 9.89. The molecule has 0 aliphatic heterocycles. The predicted octanol–water partition coefficient (Wildman–Crippen LogP) is 3.19. The van der Waals surface area contributed by atoms with Crippen LogP contribution in [-0.2, 0) is 16.0 Å². The molecule has 0 spiro atoms. The van der Waals surface area contributed by atoms with Gasteiger partial charge in [-0.1, -0.05) is 48.2 Å². The van der Waals surface area contributed by atoms with Crippen molar-refractivity contribution in [1.29, 1.82) is 0 Å². The van der Waals surface area contributed by atoms with E-state index in [1.165, 1.54) is 13.2 Å². The lowest BCUT2D eigenvalue weighted by molar-refractivity contribution is -0.113. The number of aromatic amines is 1. The molecule has 2 N–H and O–H groups in total. The van der Waals surface area contributed by atoms with Gasteiger partial charge in [-0.2, -0.15) is 0 Å². The molecule has 0 fully saturated rings. The van der Waals surface area contributed by atoms with Crippen LogP contribution in [0.5, 0.6) is 0 Å². The third-order valence-electron chi connectivity index (χ3n) is 4.33. The first-order chi connectivity index (χ1) is 14.5. The van der Waals surface area contributed by atoms with E-state index in [0.29, 0.717) is 34.1 Å². The fourth-order valence-electron chi connectivity index (χ4n) is 2.83. The zero-order valence-corrected chi connectivity index (χ0v) is 17.4. The van der Waals surface area contributed by atoms with Gasteiger partial charge in [-0.25, -0.2) is 9.78 Å². The number of carbonyl (C=O) groups is 2. The topological polar surface area (TPSA) is 101 Å². The number of hydrogen-bond acceptors (Lipinski definition) is 6. The Balaban J connectivity index is 1.62. The highest BCUT2D eigenvalue weighted by atomic mass is 32.2. The normalized spacial score (nSPS) is 10.5. The number of carbonyl (C=O) groups excluding carboxylic acids is 2. The molecule has 0 bridgehead atoms. The van der Waals surface area contributed by atoms with E-state index >= 15 is 0 Å². The van der Waals surface area contributed by atoms with Crippen LogP contribution in [0.25, 0.3) is 0 Å². The number of ether oxygens (including phenoxy) is 1. The molecule has 1 heterocycles. The van der Waals surface area contributed by atoms with E-state index in [1.54, 1.807) is 25.1 Å². The Kier molecular flexibility index (Phi) is 7.03. The molecule has 8 heteroatoms. The summed E-state index contributed by atoms with van der Waals surface area (Å²) in [5, 5.41) is 3.10. The molecular weight excluding hydrogens is 402 g/mol. The van der Waals surface area contributed by atoms with Crippen LogP contribution in [0.2, 0.25) is 0 Å². The molecule has 0 saturated heterocycles. The average Bonchev–Trinajstić information content (AvgIpc) is 2.75. The number of nitrogens with one attached hydrogen (secondary N) is 2. The second-order valence-corrected chi connectivity index (χ2v) is 7.47. The van der Waals surface area contributed by atoms with Crippen molar-refractivity contribution in [3.8, 4) is 0 Å². The summed E-state index contributed by atoms with van der Waals surface area (Å²) >= 11 is 1.14. The highest BCUT2D eigenvalue weighted by Gasteiger charge is 2.12. The van der Waals surface area contributed by atoms with Crippen LogP contribution in [0.1, 0.15) is 27.2 Å². The monoisotopic (exact) mass is 423 g/mol. The van der Waals surface area contributed by atoms with Crippen molar-refractivity contribution >= 4 is 29.3 Å². The van der Waals surface area contributed by atoms with Gasteiger partial charge >= 0.3 is 5.97 Å². The van der Waals surface area contributed by atoms with E-state index < -0.39 is 5.97 Å². The number of rotatable bonds is 7. The molecule has 0 aliphatic rings. The summed E-state index contributed by atoms with van der Waals surface area (Å²) in [6, 6.07) is 16.2. The molecule has 3 rings (SSSR count). The van der Waals surface area contributed by atoms with Gasteiger partial charge in [-0.3, -0.25) is 9.59 Å². The van der Waals surface area contributed by atoms with E-state index in [2.05, 4.69) is 20.0 Å². The maximum absolute atomic E-state index is 12.5. The Morgan fingerprint density at radius 2 is 1.90 bits per heavy atom. The number of esters is 1. The van der Waals surface area contributed by atoms with Crippen LogP contribution < -0.4 is 10.9 Å². The molecule has 0 saturated carbocycles. The fourth-order valence-corrected chi connectivity index (χ4v) is 3.54. The number of aromatic nitrogens is 2. The van der Waals surface area contributed by atoms with Gasteiger partial charge in [0.25, 0.3) is 5.56 Å². The van der Waals surface area contributed by atoms with Gasteiger partial charge in [-0.05, 0) is 30.7 Å². The molecule has 3 aromatic rings. The summed E-state index contributed by atoms with van der Waals surface area (Å²) in [5.41, 5.74) is 2.89. The Morgan fingerprint density at radius 3 is 2.60 bits per heavy atom. The van der Waals surface area contributed by atoms with Crippen molar-refractivity contribution in [3.05, 3.63) is 87.3 Å². The largest absolute Gasteiger partial charge is 0.465 e. The Labute approximate surface area is 177 Å². The quantitative estimate of drug-likeness (QED) is 0.344. The van der Waals surface area contributed by atoms with E-state index in [9.17, 15) is 14.4 Å². The first kappa shape index (κ1) is 21.3. The molecular formula is C22H21N3O4S. The highest BCUT2D eigenvalue weighted by Crippen LogP contribution is 2.16. The minimum absolute atomic E-state index is 0.0584. The maximum Gasteiger partial charge on any atom is 0.337 e. The number of methoxy groups -OCH3 is 1. The van der Waals surface area contributed by atoms with Crippen molar-refractivity contribution < 1.29 is 14.3 Å². The zero-order valence-electron chi connectivity index (χ0n) is 16.6. The van der Waals surface area contributed by atoms with Crippen LogP contribution >= 0.6 is 11.8 Å². The van der Waals surface area contributed by atoms with Gasteiger partial charge in [0.1, 0.15) is 0 Å². The summed E-state index contributed by atoms with van der Waals surface area (Å²) in [6.07, 6.45) is 0.497. The molecule has 154 valence electrons. The SMILES string of the molecule is COC(=O)c1cccc(NC(=O)CSc2nc(C)c(Cc3ccccc3)c(=O)[nH]2)c1. The molecule has 1 amide bonds. The van der Waals surface area contributed by atoms with Gasteiger partial charge in [0, 0.05) is 23.4 Å². The molecule has 0 unspecified atom stereocenters. The lowest BCUT2D eigenvalue weighted by atomic mass is 10.1. The number of amides is 1. The van der Waals surface area contributed by atoms with Crippen LogP contribution in [0.15, 0.2) is 64.5 Å².